The maximum absolute atomic E-state index is 14.6. The van der Waals surface area contributed by atoms with Crippen LogP contribution in [0.4, 0.5) is 4.39 Å². The second-order valence-electron chi connectivity index (χ2n) is 8.73. The largest absolute Gasteiger partial charge is 0.368 e. The molecule has 1 aromatic rings. The summed E-state index contributed by atoms with van der Waals surface area (Å²) in [7, 11) is 0. The molecule has 2 unspecified atom stereocenters. The van der Waals surface area contributed by atoms with Gasteiger partial charge in [0.1, 0.15) is 5.82 Å². The number of carbonyl (C=O) groups excluding carboxylic acids is 2. The van der Waals surface area contributed by atoms with Gasteiger partial charge in [-0.25, -0.2) is 4.39 Å². The molecule has 0 radical (unpaired) electrons. The van der Waals surface area contributed by atoms with Gasteiger partial charge in [0.15, 0.2) is 0 Å². The van der Waals surface area contributed by atoms with Crippen LogP contribution in [0.3, 0.4) is 0 Å². The molecule has 2 amide bonds. The van der Waals surface area contributed by atoms with Crippen LogP contribution in [0.1, 0.15) is 76.8 Å². The molecule has 0 aromatic heterocycles. The highest BCUT2D eigenvalue weighted by atomic mass is 35.5. The van der Waals surface area contributed by atoms with Gasteiger partial charge in [-0.2, -0.15) is 0 Å². The number of nitrogens with two attached hydrogens (primary N) is 2. The van der Waals surface area contributed by atoms with Gasteiger partial charge in [0.25, 0.3) is 0 Å². The molecule has 0 bridgehead atoms. The topological polar surface area (TPSA) is 98.2 Å². The Morgan fingerprint density at radius 3 is 2.20 bits per heavy atom. The summed E-state index contributed by atoms with van der Waals surface area (Å²) in [5.74, 6) is -0.788. The van der Waals surface area contributed by atoms with Gasteiger partial charge in [-0.05, 0) is 50.2 Å². The second-order valence-corrected chi connectivity index (χ2v) is 9.52. The molecular weight excluding hydrogens is 428 g/mol. The molecule has 0 heterocycles. The fourth-order valence-corrected chi connectivity index (χ4v) is 4.75. The first-order valence-corrected chi connectivity index (χ1v) is 11.3. The summed E-state index contributed by atoms with van der Waals surface area (Å²) < 4.78 is 14.6. The molecule has 5 nitrogen and oxygen atoms in total. The van der Waals surface area contributed by atoms with E-state index < -0.39 is 23.8 Å². The molecule has 2 aliphatic carbocycles. The van der Waals surface area contributed by atoms with E-state index in [1.165, 1.54) is 12.1 Å². The predicted octanol–water partition coefficient (Wildman–Crippen LogP) is 4.88. The molecule has 8 heteroatoms. The van der Waals surface area contributed by atoms with Crippen molar-refractivity contribution in [1.82, 2.24) is 5.32 Å². The van der Waals surface area contributed by atoms with Crippen molar-refractivity contribution in [3.63, 3.8) is 0 Å². The Morgan fingerprint density at radius 2 is 1.70 bits per heavy atom. The van der Waals surface area contributed by atoms with Crippen molar-refractivity contribution in [2.75, 3.05) is 0 Å². The Labute approximate surface area is 188 Å². The number of hydrogen-bond acceptors (Lipinski definition) is 3. The first-order chi connectivity index (χ1) is 14.1. The highest BCUT2D eigenvalue weighted by Crippen LogP contribution is 2.50. The number of halogens is 3. The first kappa shape index (κ1) is 24.9. The summed E-state index contributed by atoms with van der Waals surface area (Å²) >= 11 is 12.5. The Balaban J connectivity index is 0.000000469. The fourth-order valence-electron chi connectivity index (χ4n) is 4.32. The molecule has 2 aliphatic rings. The molecule has 0 spiro atoms. The van der Waals surface area contributed by atoms with Crippen molar-refractivity contribution in [2.45, 2.75) is 77.3 Å². The summed E-state index contributed by atoms with van der Waals surface area (Å²) in [6, 6.07) is 1.87. The van der Waals surface area contributed by atoms with Gasteiger partial charge in [-0.1, -0.05) is 55.8 Å². The zero-order valence-electron chi connectivity index (χ0n) is 17.6. The standard InChI is InChI=1S/C19H24Cl2FNO.C3H8N2O/c1-19(10-4-5-11-19)17(23-18(24)12-6-2-3-7-12)15-14(22)9-8-13(20)16(15)21;1-2(4)3(5)6/h8-9,12,17H,2-7,10-11H2,1H3,(H,23,24);2H,4H2,1H3,(H2,5,6). The van der Waals surface area contributed by atoms with Crippen molar-refractivity contribution in [2.24, 2.45) is 22.8 Å². The van der Waals surface area contributed by atoms with Crippen LogP contribution >= 0.6 is 23.2 Å². The monoisotopic (exact) mass is 459 g/mol. The molecule has 3 rings (SSSR count). The number of primary amides is 1. The average molecular weight is 460 g/mol. The Kier molecular flexibility index (Phi) is 8.95. The molecule has 0 aliphatic heterocycles. The average Bonchev–Trinajstić information content (AvgIpc) is 3.37. The van der Waals surface area contributed by atoms with Crippen LogP contribution < -0.4 is 16.8 Å². The van der Waals surface area contributed by atoms with Crippen LogP contribution in [0.2, 0.25) is 10.0 Å². The summed E-state index contributed by atoms with van der Waals surface area (Å²) in [5, 5.41) is 3.70. The lowest BCUT2D eigenvalue weighted by Gasteiger charge is -2.36. The van der Waals surface area contributed by atoms with E-state index in [2.05, 4.69) is 18.0 Å². The summed E-state index contributed by atoms with van der Waals surface area (Å²) in [6.45, 7) is 3.67. The van der Waals surface area contributed by atoms with E-state index in [0.29, 0.717) is 10.6 Å². The third-order valence-corrected chi connectivity index (χ3v) is 7.09. The number of benzene rings is 1. The number of amides is 2. The smallest absolute Gasteiger partial charge is 0.234 e. The molecule has 1 aromatic carbocycles. The second kappa shape index (κ2) is 10.8. The minimum Gasteiger partial charge on any atom is -0.368 e. The zero-order valence-corrected chi connectivity index (χ0v) is 19.2. The highest BCUT2D eigenvalue weighted by molar-refractivity contribution is 6.42. The van der Waals surface area contributed by atoms with Crippen LogP contribution in [0.25, 0.3) is 0 Å². The van der Waals surface area contributed by atoms with E-state index in [9.17, 15) is 14.0 Å². The molecule has 5 N–H and O–H groups in total. The van der Waals surface area contributed by atoms with Gasteiger partial charge in [0.05, 0.1) is 22.1 Å². The maximum Gasteiger partial charge on any atom is 0.234 e. The third kappa shape index (κ3) is 6.08. The number of carbonyl (C=O) groups is 2. The maximum atomic E-state index is 14.6. The van der Waals surface area contributed by atoms with Crippen LogP contribution in [0.15, 0.2) is 12.1 Å². The lowest BCUT2D eigenvalue weighted by molar-refractivity contribution is -0.126. The molecular formula is C22H32Cl2FN3O2. The third-order valence-electron chi connectivity index (χ3n) is 6.27. The fraction of sp³-hybridized carbons (Fsp3) is 0.636. The minimum atomic E-state index is -0.509. The first-order valence-electron chi connectivity index (χ1n) is 10.6. The lowest BCUT2D eigenvalue weighted by Crippen LogP contribution is -2.41. The van der Waals surface area contributed by atoms with Gasteiger partial charge in [0.2, 0.25) is 11.8 Å². The van der Waals surface area contributed by atoms with E-state index >= 15 is 0 Å². The van der Waals surface area contributed by atoms with Crippen LogP contribution in [0.5, 0.6) is 0 Å². The van der Waals surface area contributed by atoms with Crippen LogP contribution in [-0.4, -0.2) is 17.9 Å². The zero-order chi connectivity index (χ0) is 22.5. The van der Waals surface area contributed by atoms with E-state index in [4.69, 9.17) is 28.9 Å². The van der Waals surface area contributed by atoms with Gasteiger partial charge < -0.3 is 16.8 Å². The van der Waals surface area contributed by atoms with Gasteiger partial charge >= 0.3 is 0 Å². The molecule has 2 atom stereocenters. The van der Waals surface area contributed by atoms with Crippen LogP contribution in [-0.2, 0) is 9.59 Å². The summed E-state index contributed by atoms with van der Waals surface area (Å²) in [4.78, 5) is 22.5. The quantitative estimate of drug-likeness (QED) is 0.547. The Morgan fingerprint density at radius 1 is 1.17 bits per heavy atom. The van der Waals surface area contributed by atoms with Gasteiger partial charge in [-0.15, -0.1) is 0 Å². The molecule has 0 saturated heterocycles. The SMILES string of the molecule is CC(N)C(N)=O.CC1(C(NC(=O)C2CCCC2)c2c(F)ccc(Cl)c2Cl)CCCC1. The van der Waals surface area contributed by atoms with E-state index in [1.807, 2.05) is 0 Å². The number of hydrogen-bond donors (Lipinski definition) is 3. The molecule has 168 valence electrons. The number of nitrogens with one attached hydrogen (secondary N) is 1. The summed E-state index contributed by atoms with van der Waals surface area (Å²) in [6.07, 6.45) is 8.09. The van der Waals surface area contributed by atoms with Gasteiger partial charge in [-0.3, -0.25) is 9.59 Å². The normalized spacial score (nSPS) is 20.2. The van der Waals surface area contributed by atoms with Crippen molar-refractivity contribution in [1.29, 1.82) is 0 Å². The lowest BCUT2D eigenvalue weighted by atomic mass is 9.76. The van der Waals surface area contributed by atoms with E-state index in [-0.39, 0.29) is 22.3 Å². The Bertz CT molecular complexity index is 761. The Hall–Kier alpha value is -1.37. The highest BCUT2D eigenvalue weighted by Gasteiger charge is 2.42. The number of rotatable bonds is 5. The van der Waals surface area contributed by atoms with Gasteiger partial charge in [0, 0.05) is 11.5 Å². The van der Waals surface area contributed by atoms with Crippen molar-refractivity contribution in [3.8, 4) is 0 Å². The minimum absolute atomic E-state index is 0.0288. The van der Waals surface area contributed by atoms with Crippen molar-refractivity contribution >= 4 is 35.0 Å². The molecule has 30 heavy (non-hydrogen) atoms. The molecule has 2 fully saturated rings. The predicted molar refractivity (Wildman–Crippen MR) is 119 cm³/mol. The van der Waals surface area contributed by atoms with Crippen molar-refractivity contribution < 1.29 is 14.0 Å². The van der Waals surface area contributed by atoms with Crippen molar-refractivity contribution in [3.05, 3.63) is 33.6 Å². The molecule has 2 saturated carbocycles. The van der Waals surface area contributed by atoms with E-state index in [1.54, 1.807) is 6.92 Å². The van der Waals surface area contributed by atoms with E-state index in [0.717, 1.165) is 51.4 Å². The summed E-state index contributed by atoms with van der Waals surface area (Å²) in [5.41, 5.74) is 9.79. The van der Waals surface area contributed by atoms with Crippen LogP contribution in [0, 0.1) is 17.2 Å².